The van der Waals surface area contributed by atoms with E-state index in [1.807, 2.05) is 41.8 Å². The summed E-state index contributed by atoms with van der Waals surface area (Å²) in [5.41, 5.74) is 1.19. The molecule has 1 N–H and O–H groups in total. The number of unbranched alkanes of at least 4 members (excludes halogenated alkanes) is 2. The first-order valence-electron chi connectivity index (χ1n) is 13.4. The number of aliphatic hydroxyl groups excluding tert-OH is 1. The predicted molar refractivity (Wildman–Crippen MR) is 144 cm³/mol. The standard InChI is InChI=1S/C27H37N7O4/c1-3-5-9-13-34-26(36)24-25(33(27(34)37)14-12-23-30-28-20-38-23)29-22(19-21-10-7-6-8-11-21)32(24)16-15-31(4-2)17-18-35/h6-8,10-11,20,35H,3-5,9,12-19H2,1-2H3. The first kappa shape index (κ1) is 27.5. The summed E-state index contributed by atoms with van der Waals surface area (Å²) in [6.45, 7) is 7.29. The molecular weight excluding hydrogens is 486 g/mol. The zero-order valence-electron chi connectivity index (χ0n) is 22.3. The lowest BCUT2D eigenvalue weighted by Gasteiger charge is -2.20. The van der Waals surface area contributed by atoms with Gasteiger partial charge in [-0.2, -0.15) is 0 Å². The van der Waals surface area contributed by atoms with Crippen molar-refractivity contribution < 1.29 is 9.52 Å². The number of benzene rings is 1. The monoisotopic (exact) mass is 523 g/mol. The lowest BCUT2D eigenvalue weighted by Crippen LogP contribution is -2.41. The van der Waals surface area contributed by atoms with Crippen molar-refractivity contribution in [3.8, 4) is 0 Å². The van der Waals surface area contributed by atoms with Crippen molar-refractivity contribution in [1.29, 1.82) is 0 Å². The molecule has 0 unspecified atom stereocenters. The van der Waals surface area contributed by atoms with Gasteiger partial charge < -0.3 is 14.1 Å². The van der Waals surface area contributed by atoms with Crippen LogP contribution < -0.4 is 11.2 Å². The van der Waals surface area contributed by atoms with E-state index in [1.54, 1.807) is 4.57 Å². The molecule has 3 aromatic heterocycles. The average Bonchev–Trinajstić information content (AvgIpc) is 3.57. The molecule has 0 fully saturated rings. The quantitative estimate of drug-likeness (QED) is 0.235. The van der Waals surface area contributed by atoms with Crippen LogP contribution >= 0.6 is 0 Å². The second-order valence-electron chi connectivity index (χ2n) is 9.35. The smallest absolute Gasteiger partial charge is 0.332 e. The van der Waals surface area contributed by atoms with Gasteiger partial charge >= 0.3 is 5.69 Å². The summed E-state index contributed by atoms with van der Waals surface area (Å²) in [5, 5.41) is 17.1. The summed E-state index contributed by atoms with van der Waals surface area (Å²) in [6.07, 6.45) is 4.79. The van der Waals surface area contributed by atoms with Gasteiger partial charge in [0.1, 0.15) is 5.82 Å². The largest absolute Gasteiger partial charge is 0.428 e. The van der Waals surface area contributed by atoms with Gasteiger partial charge in [0.15, 0.2) is 11.2 Å². The van der Waals surface area contributed by atoms with Crippen molar-refractivity contribution in [1.82, 2.24) is 33.8 Å². The summed E-state index contributed by atoms with van der Waals surface area (Å²) >= 11 is 0. The molecule has 0 aliphatic rings. The van der Waals surface area contributed by atoms with E-state index in [0.29, 0.717) is 56.1 Å². The molecule has 11 heteroatoms. The molecule has 11 nitrogen and oxygen atoms in total. The number of nitrogens with zero attached hydrogens (tertiary/aromatic N) is 7. The topological polar surface area (TPSA) is 124 Å². The Hall–Kier alpha value is -3.57. The Balaban J connectivity index is 1.85. The number of aromatic nitrogens is 6. The number of likely N-dealkylation sites (N-methyl/N-ethyl adjacent to an activating group) is 1. The SMILES string of the molecule is CCCCCn1c(=O)c2c(nc(Cc3ccccc3)n2CCN(CC)CCO)n(CCc2nnco2)c1=O. The maximum atomic E-state index is 13.8. The third-order valence-electron chi connectivity index (χ3n) is 6.84. The minimum Gasteiger partial charge on any atom is -0.428 e. The fourth-order valence-corrected chi connectivity index (χ4v) is 4.73. The second-order valence-corrected chi connectivity index (χ2v) is 9.35. The molecule has 204 valence electrons. The normalized spacial score (nSPS) is 11.7. The predicted octanol–water partition coefficient (Wildman–Crippen LogP) is 2.08. The van der Waals surface area contributed by atoms with Gasteiger partial charge in [0.05, 0.1) is 6.61 Å². The van der Waals surface area contributed by atoms with E-state index in [1.165, 1.54) is 11.0 Å². The summed E-state index contributed by atoms with van der Waals surface area (Å²) in [6, 6.07) is 9.97. The van der Waals surface area contributed by atoms with Crippen molar-refractivity contribution in [3.05, 3.63) is 74.8 Å². The molecule has 0 aliphatic carbocycles. The van der Waals surface area contributed by atoms with Crippen LogP contribution in [-0.2, 0) is 32.5 Å². The molecule has 0 saturated carbocycles. The van der Waals surface area contributed by atoms with Gasteiger partial charge in [-0.3, -0.25) is 18.8 Å². The van der Waals surface area contributed by atoms with E-state index in [2.05, 4.69) is 22.0 Å². The number of imidazole rings is 1. The van der Waals surface area contributed by atoms with E-state index in [0.717, 1.165) is 37.2 Å². The number of fused-ring (bicyclic) bond motifs is 1. The highest BCUT2D eigenvalue weighted by Crippen LogP contribution is 2.17. The molecule has 4 rings (SSSR count). The van der Waals surface area contributed by atoms with Crippen LogP contribution in [0.5, 0.6) is 0 Å². The van der Waals surface area contributed by atoms with E-state index >= 15 is 0 Å². The Morgan fingerprint density at radius 1 is 0.974 bits per heavy atom. The Morgan fingerprint density at radius 3 is 2.47 bits per heavy atom. The van der Waals surface area contributed by atoms with Gasteiger partial charge in [0, 0.05) is 45.6 Å². The third kappa shape index (κ3) is 6.28. The molecular formula is C27H37N7O4. The highest BCUT2D eigenvalue weighted by atomic mass is 16.4. The lowest BCUT2D eigenvalue weighted by molar-refractivity contribution is 0.197. The number of aliphatic hydroxyl groups is 1. The van der Waals surface area contributed by atoms with Crippen LogP contribution in [0.1, 0.15) is 50.4 Å². The van der Waals surface area contributed by atoms with E-state index in [-0.39, 0.29) is 24.4 Å². The molecule has 3 heterocycles. The Bertz CT molecular complexity index is 1410. The number of rotatable bonds is 15. The van der Waals surface area contributed by atoms with Gasteiger partial charge in [0.2, 0.25) is 12.3 Å². The van der Waals surface area contributed by atoms with Crippen molar-refractivity contribution in [2.45, 2.75) is 65.6 Å². The van der Waals surface area contributed by atoms with Crippen LogP contribution in [0.4, 0.5) is 0 Å². The third-order valence-corrected chi connectivity index (χ3v) is 6.84. The molecule has 0 aliphatic heterocycles. The Kier molecular flexibility index (Phi) is 9.61. The lowest BCUT2D eigenvalue weighted by atomic mass is 10.1. The van der Waals surface area contributed by atoms with E-state index in [9.17, 15) is 14.7 Å². The molecule has 0 spiro atoms. The van der Waals surface area contributed by atoms with Crippen LogP contribution in [0.25, 0.3) is 11.2 Å². The summed E-state index contributed by atoms with van der Waals surface area (Å²) in [5.74, 6) is 1.14. The van der Waals surface area contributed by atoms with E-state index in [4.69, 9.17) is 9.40 Å². The average molecular weight is 524 g/mol. The highest BCUT2D eigenvalue weighted by Gasteiger charge is 2.22. The van der Waals surface area contributed by atoms with Gasteiger partial charge in [-0.05, 0) is 18.5 Å². The number of hydrogen-bond acceptors (Lipinski definition) is 8. The van der Waals surface area contributed by atoms with Crippen LogP contribution in [0.2, 0.25) is 0 Å². The van der Waals surface area contributed by atoms with Gasteiger partial charge in [-0.25, -0.2) is 9.78 Å². The van der Waals surface area contributed by atoms with Crippen molar-refractivity contribution in [2.75, 3.05) is 26.2 Å². The first-order valence-corrected chi connectivity index (χ1v) is 13.4. The van der Waals surface area contributed by atoms with Gasteiger partial charge in [0.25, 0.3) is 5.56 Å². The molecule has 0 amide bonds. The molecule has 1 aromatic carbocycles. The minimum absolute atomic E-state index is 0.0643. The number of aryl methyl sites for hydroxylation is 2. The summed E-state index contributed by atoms with van der Waals surface area (Å²) in [4.78, 5) is 34.5. The maximum absolute atomic E-state index is 13.8. The van der Waals surface area contributed by atoms with Crippen LogP contribution in [0.3, 0.4) is 0 Å². The van der Waals surface area contributed by atoms with Crippen LogP contribution in [0, 0.1) is 0 Å². The molecule has 38 heavy (non-hydrogen) atoms. The summed E-state index contributed by atoms with van der Waals surface area (Å²) in [7, 11) is 0. The zero-order chi connectivity index (χ0) is 26.9. The van der Waals surface area contributed by atoms with Crippen LogP contribution in [0.15, 0.2) is 50.7 Å². The fourth-order valence-electron chi connectivity index (χ4n) is 4.73. The maximum Gasteiger partial charge on any atom is 0.332 e. The van der Waals surface area contributed by atoms with Crippen molar-refractivity contribution >= 4 is 11.2 Å². The fraction of sp³-hybridized carbons (Fsp3) is 0.519. The molecule has 0 bridgehead atoms. The summed E-state index contributed by atoms with van der Waals surface area (Å²) < 4.78 is 10.2. The van der Waals surface area contributed by atoms with Gasteiger partial charge in [-0.1, -0.05) is 57.0 Å². The molecule has 0 radical (unpaired) electrons. The molecule has 0 saturated heterocycles. The van der Waals surface area contributed by atoms with Gasteiger partial charge in [-0.15, -0.1) is 10.2 Å². The van der Waals surface area contributed by atoms with Crippen LogP contribution in [-0.4, -0.2) is 65.1 Å². The highest BCUT2D eigenvalue weighted by molar-refractivity contribution is 5.71. The Labute approximate surface area is 221 Å². The molecule has 4 aromatic rings. The first-order chi connectivity index (χ1) is 18.6. The zero-order valence-corrected chi connectivity index (χ0v) is 22.3. The number of hydrogen-bond donors (Lipinski definition) is 1. The Morgan fingerprint density at radius 2 is 1.79 bits per heavy atom. The van der Waals surface area contributed by atoms with Crippen molar-refractivity contribution in [2.24, 2.45) is 0 Å². The molecule has 0 atom stereocenters. The van der Waals surface area contributed by atoms with Crippen molar-refractivity contribution in [3.63, 3.8) is 0 Å². The minimum atomic E-state index is -0.371. The second kappa shape index (κ2) is 13.3. The van der Waals surface area contributed by atoms with E-state index < -0.39 is 0 Å².